The van der Waals surface area contributed by atoms with Gasteiger partial charge in [-0.2, -0.15) is 4.98 Å². The second kappa shape index (κ2) is 6.68. The van der Waals surface area contributed by atoms with Crippen molar-refractivity contribution < 1.29 is 4.52 Å². The minimum atomic E-state index is 0.202. The average molecular weight is 355 g/mol. The molecule has 1 fully saturated rings. The molecule has 1 aliphatic heterocycles. The molecule has 3 aromatic heterocycles. The molecule has 0 radical (unpaired) electrons. The van der Waals surface area contributed by atoms with Crippen molar-refractivity contribution in [1.29, 1.82) is 0 Å². The maximum atomic E-state index is 5.57. The number of hydrogen-bond donors (Lipinski definition) is 0. The highest BCUT2D eigenvalue weighted by Gasteiger charge is 2.31. The van der Waals surface area contributed by atoms with Crippen molar-refractivity contribution in [1.82, 2.24) is 34.6 Å². The molecule has 3 aromatic rings. The first-order valence-corrected chi connectivity index (χ1v) is 9.15. The lowest BCUT2D eigenvalue weighted by atomic mass is 10.2. The molecule has 4 rings (SSSR count). The van der Waals surface area contributed by atoms with Crippen LogP contribution in [0.4, 0.5) is 0 Å². The molecule has 0 aliphatic carbocycles. The van der Waals surface area contributed by atoms with Crippen molar-refractivity contribution in [2.75, 3.05) is 6.54 Å². The van der Waals surface area contributed by atoms with Gasteiger partial charge < -0.3 is 4.52 Å². The summed E-state index contributed by atoms with van der Waals surface area (Å²) in [5.41, 5.74) is 3.65. The Hall–Kier alpha value is -2.48. The number of likely N-dealkylation sites (tertiary alicyclic amines) is 1. The first-order chi connectivity index (χ1) is 12.5. The lowest BCUT2D eigenvalue weighted by molar-refractivity contribution is 0.200. The molecule has 0 amide bonds. The number of rotatable bonds is 5. The minimum Gasteiger partial charge on any atom is -0.338 e. The average Bonchev–Trinajstić information content (AvgIpc) is 3.36. The van der Waals surface area contributed by atoms with Crippen LogP contribution in [0, 0.1) is 13.8 Å². The number of aryl methyl sites for hydroxylation is 1. The van der Waals surface area contributed by atoms with Crippen molar-refractivity contribution >= 4 is 0 Å². The molecule has 1 aliphatic rings. The quantitative estimate of drug-likeness (QED) is 0.700. The summed E-state index contributed by atoms with van der Waals surface area (Å²) in [5.74, 6) is 1.82. The highest BCUT2D eigenvalue weighted by Crippen LogP contribution is 2.33. The summed E-state index contributed by atoms with van der Waals surface area (Å²) in [6.45, 7) is 10.3. The third-order valence-electron chi connectivity index (χ3n) is 5.13. The van der Waals surface area contributed by atoms with Gasteiger partial charge in [0.05, 0.1) is 6.04 Å². The van der Waals surface area contributed by atoms with E-state index in [1.54, 1.807) is 12.7 Å². The third-order valence-corrected chi connectivity index (χ3v) is 5.13. The van der Waals surface area contributed by atoms with E-state index in [0.717, 1.165) is 43.3 Å². The summed E-state index contributed by atoms with van der Waals surface area (Å²) in [4.78, 5) is 7.06. The van der Waals surface area contributed by atoms with E-state index >= 15 is 0 Å². The van der Waals surface area contributed by atoms with Crippen LogP contribution in [0.5, 0.6) is 0 Å². The van der Waals surface area contributed by atoms with Gasteiger partial charge in [-0.15, -0.1) is 10.2 Å². The van der Waals surface area contributed by atoms with E-state index in [1.165, 1.54) is 11.3 Å². The predicted molar refractivity (Wildman–Crippen MR) is 95.5 cm³/mol. The lowest BCUT2D eigenvalue weighted by Crippen LogP contribution is -2.23. The summed E-state index contributed by atoms with van der Waals surface area (Å²) in [6, 6.07) is 2.44. The second-order valence-electron chi connectivity index (χ2n) is 7.32. The molecule has 1 atom stereocenters. The highest BCUT2D eigenvalue weighted by atomic mass is 16.5. The molecule has 0 saturated carbocycles. The molecule has 0 bridgehead atoms. The van der Waals surface area contributed by atoms with E-state index in [0.29, 0.717) is 0 Å². The minimum absolute atomic E-state index is 0.202. The van der Waals surface area contributed by atoms with Gasteiger partial charge in [0.25, 0.3) is 0 Å². The Balaban J connectivity index is 1.57. The fourth-order valence-electron chi connectivity index (χ4n) is 3.76. The molecule has 4 heterocycles. The van der Waals surface area contributed by atoms with Gasteiger partial charge in [-0.3, -0.25) is 9.58 Å². The van der Waals surface area contributed by atoms with Crippen LogP contribution in [0.3, 0.4) is 0 Å². The number of hydrogen-bond acceptors (Lipinski definition) is 6. The molecular weight excluding hydrogens is 330 g/mol. The maximum absolute atomic E-state index is 5.57. The highest BCUT2D eigenvalue weighted by molar-refractivity contribution is 5.27. The van der Waals surface area contributed by atoms with Crippen LogP contribution >= 0.6 is 0 Å². The SMILES string of the molecule is Cc1cc(CN2CCCC2c2nc(C(C)C)no2)c(C)n1-n1cnnc1. The number of nitrogens with zero attached hydrogens (tertiary/aromatic N) is 7. The van der Waals surface area contributed by atoms with Crippen LogP contribution in [-0.4, -0.2) is 41.1 Å². The van der Waals surface area contributed by atoms with Crippen molar-refractivity contribution in [3.05, 3.63) is 47.4 Å². The largest absolute Gasteiger partial charge is 0.338 e. The summed E-state index contributed by atoms with van der Waals surface area (Å²) in [5, 5.41) is 12.0. The van der Waals surface area contributed by atoms with Crippen molar-refractivity contribution in [2.45, 2.75) is 59.0 Å². The summed E-state index contributed by atoms with van der Waals surface area (Å²) < 4.78 is 9.60. The second-order valence-corrected chi connectivity index (χ2v) is 7.32. The number of aromatic nitrogens is 6. The van der Waals surface area contributed by atoms with Crippen LogP contribution in [0.2, 0.25) is 0 Å². The topological polar surface area (TPSA) is 77.8 Å². The zero-order valence-corrected chi connectivity index (χ0v) is 15.8. The van der Waals surface area contributed by atoms with Gasteiger partial charge in [0, 0.05) is 23.9 Å². The van der Waals surface area contributed by atoms with Crippen molar-refractivity contribution in [2.24, 2.45) is 0 Å². The molecule has 8 heteroatoms. The first kappa shape index (κ1) is 17.0. The Morgan fingerprint density at radius 2 is 2.00 bits per heavy atom. The van der Waals surface area contributed by atoms with Gasteiger partial charge in [-0.25, -0.2) is 4.68 Å². The van der Waals surface area contributed by atoms with E-state index in [9.17, 15) is 0 Å². The van der Waals surface area contributed by atoms with Gasteiger partial charge >= 0.3 is 0 Å². The fraction of sp³-hybridized carbons (Fsp3) is 0.556. The Labute approximate surface area is 152 Å². The Morgan fingerprint density at radius 3 is 2.69 bits per heavy atom. The molecule has 1 saturated heterocycles. The molecule has 138 valence electrons. The van der Waals surface area contributed by atoms with E-state index in [2.05, 4.69) is 63.7 Å². The third kappa shape index (κ3) is 2.94. The van der Waals surface area contributed by atoms with Crippen LogP contribution in [0.1, 0.15) is 67.3 Å². The van der Waals surface area contributed by atoms with E-state index in [-0.39, 0.29) is 12.0 Å². The molecule has 0 aromatic carbocycles. The predicted octanol–water partition coefficient (Wildman–Crippen LogP) is 2.85. The lowest BCUT2D eigenvalue weighted by Gasteiger charge is -2.21. The van der Waals surface area contributed by atoms with Crippen LogP contribution in [-0.2, 0) is 6.54 Å². The van der Waals surface area contributed by atoms with Gasteiger partial charge in [0.2, 0.25) is 5.89 Å². The smallest absolute Gasteiger partial charge is 0.244 e. The van der Waals surface area contributed by atoms with Gasteiger partial charge in [0.1, 0.15) is 12.7 Å². The molecule has 0 N–H and O–H groups in total. The molecule has 8 nitrogen and oxygen atoms in total. The zero-order chi connectivity index (χ0) is 18.3. The normalized spacial score (nSPS) is 18.3. The monoisotopic (exact) mass is 355 g/mol. The summed E-state index contributed by atoms with van der Waals surface area (Å²) in [7, 11) is 0. The molecule has 1 unspecified atom stereocenters. The Morgan fingerprint density at radius 1 is 1.23 bits per heavy atom. The van der Waals surface area contributed by atoms with Crippen molar-refractivity contribution in [3.63, 3.8) is 0 Å². The Kier molecular flexibility index (Phi) is 4.36. The van der Waals surface area contributed by atoms with E-state index in [1.807, 2.05) is 4.68 Å². The van der Waals surface area contributed by atoms with Gasteiger partial charge in [-0.05, 0) is 44.9 Å². The summed E-state index contributed by atoms with van der Waals surface area (Å²) in [6.07, 6.45) is 5.64. The van der Waals surface area contributed by atoms with Crippen LogP contribution in [0.25, 0.3) is 0 Å². The fourth-order valence-corrected chi connectivity index (χ4v) is 3.76. The zero-order valence-electron chi connectivity index (χ0n) is 15.8. The van der Waals surface area contributed by atoms with Gasteiger partial charge in [-0.1, -0.05) is 19.0 Å². The van der Waals surface area contributed by atoms with E-state index in [4.69, 9.17) is 4.52 Å². The summed E-state index contributed by atoms with van der Waals surface area (Å²) >= 11 is 0. The van der Waals surface area contributed by atoms with Crippen LogP contribution < -0.4 is 0 Å². The molecule has 0 spiro atoms. The van der Waals surface area contributed by atoms with E-state index < -0.39 is 0 Å². The van der Waals surface area contributed by atoms with Gasteiger partial charge in [0.15, 0.2) is 5.82 Å². The Bertz CT molecular complexity index is 878. The molecular formula is C18H25N7O. The maximum Gasteiger partial charge on any atom is 0.244 e. The standard InChI is InChI=1S/C18H25N7O/c1-12(2)17-21-18(26-22-17)16-6-5-7-23(16)9-15-8-13(3)25(14(15)4)24-10-19-20-11-24/h8,10-12,16H,5-7,9H2,1-4H3. The first-order valence-electron chi connectivity index (χ1n) is 9.15. The van der Waals surface area contributed by atoms with Crippen LogP contribution in [0.15, 0.2) is 23.2 Å². The van der Waals surface area contributed by atoms with Crippen molar-refractivity contribution in [3.8, 4) is 0 Å². The molecule has 26 heavy (non-hydrogen) atoms.